The quantitative estimate of drug-likeness (QED) is 0.832. The Bertz CT molecular complexity index is 508. The Labute approximate surface area is 100 Å². The van der Waals surface area contributed by atoms with E-state index >= 15 is 0 Å². The number of fused-ring (bicyclic) bond motifs is 1. The molecule has 2 aromatic rings. The highest BCUT2D eigenvalue weighted by molar-refractivity contribution is 5.57. The zero-order chi connectivity index (χ0) is 11.8. The third kappa shape index (κ3) is 1.83. The molecule has 1 aromatic carbocycles. The van der Waals surface area contributed by atoms with Crippen molar-refractivity contribution >= 4 is 5.69 Å². The van der Waals surface area contributed by atoms with Crippen LogP contribution in [0.3, 0.4) is 0 Å². The third-order valence-corrected chi connectivity index (χ3v) is 3.23. The molecule has 2 heterocycles. The Morgan fingerprint density at radius 1 is 1.29 bits per heavy atom. The second-order valence-corrected chi connectivity index (χ2v) is 4.51. The van der Waals surface area contributed by atoms with Gasteiger partial charge in [0.2, 0.25) is 0 Å². The van der Waals surface area contributed by atoms with Crippen LogP contribution >= 0.6 is 0 Å². The molecular formula is C14H15NO2. The standard InChI is InChI=1S/C14H15NO2/c1-9-6-7-13(17-9)14(16)12-8-10-4-2-3-5-11(10)15-12/h2-7,12,14-16H,8H2,1H3. The minimum absolute atomic E-state index is 0.00190. The van der Waals surface area contributed by atoms with E-state index in [9.17, 15) is 5.11 Å². The largest absolute Gasteiger partial charge is 0.464 e. The number of aryl methyl sites for hydroxylation is 1. The van der Waals surface area contributed by atoms with E-state index in [0.29, 0.717) is 5.76 Å². The van der Waals surface area contributed by atoms with Gasteiger partial charge in [0, 0.05) is 5.69 Å². The lowest BCUT2D eigenvalue weighted by Crippen LogP contribution is -2.24. The molecule has 1 aliphatic rings. The van der Waals surface area contributed by atoms with Gasteiger partial charge in [0.05, 0.1) is 6.04 Å². The van der Waals surface area contributed by atoms with Gasteiger partial charge in [-0.2, -0.15) is 0 Å². The van der Waals surface area contributed by atoms with E-state index in [2.05, 4.69) is 11.4 Å². The van der Waals surface area contributed by atoms with Crippen molar-refractivity contribution in [2.45, 2.75) is 25.5 Å². The number of nitrogens with one attached hydrogen (secondary N) is 1. The maximum absolute atomic E-state index is 10.2. The summed E-state index contributed by atoms with van der Waals surface area (Å²) in [5, 5.41) is 13.6. The fraction of sp³-hybridized carbons (Fsp3) is 0.286. The molecule has 3 rings (SSSR count). The summed E-state index contributed by atoms with van der Waals surface area (Å²) in [4.78, 5) is 0. The van der Waals surface area contributed by atoms with Gasteiger partial charge in [-0.05, 0) is 37.1 Å². The molecule has 0 amide bonds. The molecule has 0 radical (unpaired) electrons. The van der Waals surface area contributed by atoms with Gasteiger partial charge in [-0.1, -0.05) is 18.2 Å². The number of aliphatic hydroxyl groups is 1. The maximum Gasteiger partial charge on any atom is 0.134 e. The van der Waals surface area contributed by atoms with Crippen LogP contribution in [0.25, 0.3) is 0 Å². The number of para-hydroxylation sites is 1. The molecule has 17 heavy (non-hydrogen) atoms. The van der Waals surface area contributed by atoms with Gasteiger partial charge < -0.3 is 14.8 Å². The van der Waals surface area contributed by atoms with Crippen molar-refractivity contribution in [2.75, 3.05) is 5.32 Å². The van der Waals surface area contributed by atoms with Crippen LogP contribution in [0.15, 0.2) is 40.8 Å². The molecule has 3 nitrogen and oxygen atoms in total. The first-order valence-corrected chi connectivity index (χ1v) is 5.83. The Balaban J connectivity index is 1.80. The molecule has 2 N–H and O–H groups in total. The average molecular weight is 229 g/mol. The molecule has 1 aromatic heterocycles. The Morgan fingerprint density at radius 2 is 2.12 bits per heavy atom. The van der Waals surface area contributed by atoms with Gasteiger partial charge in [0.15, 0.2) is 0 Å². The highest BCUT2D eigenvalue weighted by Crippen LogP contribution is 2.32. The molecule has 0 saturated carbocycles. The Hall–Kier alpha value is -1.74. The number of benzene rings is 1. The van der Waals surface area contributed by atoms with Crippen molar-refractivity contribution in [1.29, 1.82) is 0 Å². The number of aliphatic hydroxyl groups excluding tert-OH is 1. The summed E-state index contributed by atoms with van der Waals surface area (Å²) >= 11 is 0. The van der Waals surface area contributed by atoms with E-state index in [1.54, 1.807) is 0 Å². The van der Waals surface area contributed by atoms with Gasteiger partial charge in [-0.15, -0.1) is 0 Å². The summed E-state index contributed by atoms with van der Waals surface area (Å²) in [6.07, 6.45) is 0.230. The van der Waals surface area contributed by atoms with Crippen LogP contribution in [0.1, 0.15) is 23.2 Å². The summed E-state index contributed by atoms with van der Waals surface area (Å²) < 4.78 is 5.47. The normalized spacial score (nSPS) is 19.8. The lowest BCUT2D eigenvalue weighted by molar-refractivity contribution is 0.129. The minimum atomic E-state index is -0.601. The molecule has 3 heteroatoms. The van der Waals surface area contributed by atoms with Crippen molar-refractivity contribution in [2.24, 2.45) is 0 Å². The molecule has 2 unspecified atom stereocenters. The third-order valence-electron chi connectivity index (χ3n) is 3.23. The predicted octanol–water partition coefficient (Wildman–Crippen LogP) is 2.66. The first-order valence-electron chi connectivity index (χ1n) is 5.83. The van der Waals surface area contributed by atoms with Crippen LogP contribution < -0.4 is 5.32 Å². The fourth-order valence-electron chi connectivity index (χ4n) is 2.33. The Morgan fingerprint density at radius 3 is 2.82 bits per heavy atom. The molecular weight excluding hydrogens is 214 g/mol. The smallest absolute Gasteiger partial charge is 0.134 e. The lowest BCUT2D eigenvalue weighted by atomic mass is 10.0. The number of anilines is 1. The molecule has 0 aliphatic carbocycles. The highest BCUT2D eigenvalue weighted by atomic mass is 16.4. The first kappa shape index (κ1) is 10.4. The molecule has 1 aliphatic heterocycles. The maximum atomic E-state index is 10.2. The highest BCUT2D eigenvalue weighted by Gasteiger charge is 2.29. The van der Waals surface area contributed by atoms with Crippen LogP contribution in [-0.4, -0.2) is 11.1 Å². The number of hydrogen-bond donors (Lipinski definition) is 2. The van der Waals surface area contributed by atoms with Crippen molar-refractivity contribution in [3.63, 3.8) is 0 Å². The topological polar surface area (TPSA) is 45.4 Å². The SMILES string of the molecule is Cc1ccc(C(O)C2Cc3ccccc3N2)o1. The summed E-state index contributed by atoms with van der Waals surface area (Å²) in [6.45, 7) is 1.88. The van der Waals surface area contributed by atoms with Crippen molar-refractivity contribution in [1.82, 2.24) is 0 Å². The van der Waals surface area contributed by atoms with Gasteiger partial charge in [0.1, 0.15) is 17.6 Å². The summed E-state index contributed by atoms with van der Waals surface area (Å²) in [5.41, 5.74) is 2.36. The van der Waals surface area contributed by atoms with E-state index < -0.39 is 6.10 Å². The average Bonchev–Trinajstić information content (AvgIpc) is 2.93. The zero-order valence-corrected chi connectivity index (χ0v) is 9.68. The van der Waals surface area contributed by atoms with E-state index in [4.69, 9.17) is 4.42 Å². The van der Waals surface area contributed by atoms with Crippen molar-refractivity contribution in [3.8, 4) is 0 Å². The van der Waals surface area contributed by atoms with Crippen LogP contribution in [0.2, 0.25) is 0 Å². The predicted molar refractivity (Wildman–Crippen MR) is 66.0 cm³/mol. The molecule has 0 bridgehead atoms. The van der Waals surface area contributed by atoms with E-state index in [-0.39, 0.29) is 6.04 Å². The lowest BCUT2D eigenvalue weighted by Gasteiger charge is -2.16. The second kappa shape index (κ2) is 3.93. The summed E-state index contributed by atoms with van der Waals surface area (Å²) in [7, 11) is 0. The summed E-state index contributed by atoms with van der Waals surface area (Å²) in [5.74, 6) is 1.46. The Kier molecular flexibility index (Phi) is 2.41. The zero-order valence-electron chi connectivity index (χ0n) is 9.68. The monoisotopic (exact) mass is 229 g/mol. The van der Waals surface area contributed by atoms with Gasteiger partial charge in [-0.3, -0.25) is 0 Å². The molecule has 0 fully saturated rings. The van der Waals surface area contributed by atoms with Crippen molar-refractivity contribution in [3.05, 3.63) is 53.5 Å². The van der Waals surface area contributed by atoms with Crippen LogP contribution in [0, 0.1) is 6.92 Å². The molecule has 0 saturated heterocycles. The van der Waals surface area contributed by atoms with E-state index in [1.165, 1.54) is 5.56 Å². The van der Waals surface area contributed by atoms with Gasteiger partial charge in [-0.25, -0.2) is 0 Å². The fourth-order valence-corrected chi connectivity index (χ4v) is 2.33. The number of rotatable bonds is 2. The van der Waals surface area contributed by atoms with Crippen LogP contribution in [-0.2, 0) is 6.42 Å². The van der Waals surface area contributed by atoms with Gasteiger partial charge >= 0.3 is 0 Å². The molecule has 88 valence electrons. The number of hydrogen-bond acceptors (Lipinski definition) is 3. The minimum Gasteiger partial charge on any atom is -0.464 e. The molecule has 0 spiro atoms. The first-order chi connectivity index (χ1) is 8.24. The van der Waals surface area contributed by atoms with Crippen LogP contribution in [0.5, 0.6) is 0 Å². The number of furan rings is 1. The molecule has 2 atom stereocenters. The van der Waals surface area contributed by atoms with Crippen LogP contribution in [0.4, 0.5) is 5.69 Å². The van der Waals surface area contributed by atoms with Crippen molar-refractivity contribution < 1.29 is 9.52 Å². The van der Waals surface area contributed by atoms with E-state index in [1.807, 2.05) is 37.3 Å². The summed E-state index contributed by atoms with van der Waals surface area (Å²) in [6, 6.07) is 11.9. The van der Waals surface area contributed by atoms with E-state index in [0.717, 1.165) is 17.9 Å². The second-order valence-electron chi connectivity index (χ2n) is 4.51. The van der Waals surface area contributed by atoms with Gasteiger partial charge in [0.25, 0.3) is 0 Å².